The van der Waals surface area contributed by atoms with Crippen molar-refractivity contribution in [3.63, 3.8) is 0 Å². The topological polar surface area (TPSA) is 24.9 Å². The van der Waals surface area contributed by atoms with Crippen molar-refractivity contribution in [2.45, 2.75) is 31.3 Å². The lowest BCUT2D eigenvalue weighted by Gasteiger charge is -2.34. The fourth-order valence-corrected chi connectivity index (χ4v) is 5.13. The molecule has 1 atom stereocenters. The highest BCUT2D eigenvalue weighted by atomic mass is 16.5. The van der Waals surface area contributed by atoms with Crippen LogP contribution >= 0.6 is 0 Å². The Bertz CT molecular complexity index is 1070. The molecule has 0 aromatic heterocycles. The molecule has 32 heavy (non-hydrogen) atoms. The molecule has 3 aromatic rings. The molecule has 0 N–H and O–H groups in total. The van der Waals surface area contributed by atoms with Gasteiger partial charge in [-0.15, -0.1) is 0 Å². The quantitative estimate of drug-likeness (QED) is 0.526. The fourth-order valence-electron chi connectivity index (χ4n) is 5.13. The van der Waals surface area contributed by atoms with E-state index in [-0.39, 0.29) is 0 Å². The van der Waals surface area contributed by atoms with E-state index in [1.54, 1.807) is 7.11 Å². The van der Waals surface area contributed by atoms with Crippen LogP contribution in [0.5, 0.6) is 11.5 Å². The number of rotatable bonds is 5. The lowest BCUT2D eigenvalue weighted by atomic mass is 9.82. The van der Waals surface area contributed by atoms with Gasteiger partial charge in [0.2, 0.25) is 0 Å². The number of ether oxygens (including phenoxy) is 2. The van der Waals surface area contributed by atoms with Crippen LogP contribution in [-0.2, 0) is 12.0 Å². The van der Waals surface area contributed by atoms with Crippen molar-refractivity contribution in [1.29, 1.82) is 0 Å². The summed E-state index contributed by atoms with van der Waals surface area (Å²) in [6.07, 6.45) is 4.52. The van der Waals surface area contributed by atoms with Crippen molar-refractivity contribution < 1.29 is 9.47 Å². The standard InChI is InChI=1S/C28H32N2O2/c1-29(2)24-15-13-23(14-16-24)28(22-10-6-4-7-11-22)20-21-12-17-25(31-3)26(27(21)32-28)30-18-8-5-9-19-30/h4,6-7,10-17H,5,8-9,18-20H2,1-3H3. The molecule has 166 valence electrons. The van der Waals surface area contributed by atoms with Gasteiger partial charge in [-0.1, -0.05) is 48.5 Å². The van der Waals surface area contributed by atoms with Crippen molar-refractivity contribution >= 4 is 11.4 Å². The molecule has 0 radical (unpaired) electrons. The van der Waals surface area contributed by atoms with E-state index >= 15 is 0 Å². The number of fused-ring (bicyclic) bond motifs is 1. The molecule has 2 aliphatic heterocycles. The van der Waals surface area contributed by atoms with Crippen LogP contribution in [0.2, 0.25) is 0 Å². The number of anilines is 2. The lowest BCUT2D eigenvalue weighted by molar-refractivity contribution is 0.140. The summed E-state index contributed by atoms with van der Waals surface area (Å²) in [5.74, 6) is 1.88. The third-order valence-electron chi connectivity index (χ3n) is 6.87. The highest BCUT2D eigenvalue weighted by Crippen LogP contribution is 2.53. The Kier molecular flexibility index (Phi) is 5.46. The summed E-state index contributed by atoms with van der Waals surface area (Å²) in [7, 11) is 5.90. The first-order chi connectivity index (χ1) is 15.6. The monoisotopic (exact) mass is 428 g/mol. The molecule has 0 spiro atoms. The summed E-state index contributed by atoms with van der Waals surface area (Å²) < 4.78 is 12.9. The smallest absolute Gasteiger partial charge is 0.163 e. The predicted octanol–water partition coefficient (Wildman–Crippen LogP) is 5.63. The second kappa shape index (κ2) is 8.42. The second-order valence-corrected chi connectivity index (χ2v) is 9.07. The van der Waals surface area contributed by atoms with Gasteiger partial charge in [0.05, 0.1) is 7.11 Å². The molecule has 2 heterocycles. The Balaban J connectivity index is 1.64. The van der Waals surface area contributed by atoms with E-state index in [0.717, 1.165) is 36.7 Å². The fraction of sp³-hybridized carbons (Fsp3) is 0.357. The molecule has 1 saturated heterocycles. The van der Waals surface area contributed by atoms with Crippen LogP contribution in [0.1, 0.15) is 36.0 Å². The summed E-state index contributed by atoms with van der Waals surface area (Å²) in [6, 6.07) is 23.7. The van der Waals surface area contributed by atoms with Gasteiger partial charge in [-0.25, -0.2) is 0 Å². The Morgan fingerprint density at radius 2 is 1.53 bits per heavy atom. The molecule has 5 rings (SSSR count). The minimum absolute atomic E-state index is 0.550. The first-order valence-electron chi connectivity index (χ1n) is 11.6. The van der Waals surface area contributed by atoms with E-state index in [9.17, 15) is 0 Å². The Hall–Kier alpha value is -3.14. The maximum Gasteiger partial charge on any atom is 0.163 e. The minimum atomic E-state index is -0.550. The van der Waals surface area contributed by atoms with Crippen molar-refractivity contribution in [2.75, 3.05) is 44.1 Å². The van der Waals surface area contributed by atoms with Gasteiger partial charge in [0, 0.05) is 56.0 Å². The van der Waals surface area contributed by atoms with Crippen LogP contribution in [0.3, 0.4) is 0 Å². The molecule has 4 heteroatoms. The third kappa shape index (κ3) is 3.48. The second-order valence-electron chi connectivity index (χ2n) is 9.07. The van der Waals surface area contributed by atoms with Crippen LogP contribution in [-0.4, -0.2) is 34.3 Å². The first kappa shape index (κ1) is 20.7. The zero-order valence-corrected chi connectivity index (χ0v) is 19.3. The molecule has 4 nitrogen and oxygen atoms in total. The molecule has 1 unspecified atom stereocenters. The van der Waals surface area contributed by atoms with Gasteiger partial charge in [0.1, 0.15) is 11.4 Å². The van der Waals surface area contributed by atoms with Gasteiger partial charge in [-0.05, 0) is 37.5 Å². The first-order valence-corrected chi connectivity index (χ1v) is 11.6. The maximum atomic E-state index is 7.06. The average molecular weight is 429 g/mol. The summed E-state index contributed by atoms with van der Waals surface area (Å²) in [6.45, 7) is 2.10. The van der Waals surface area contributed by atoms with Gasteiger partial charge in [-0.2, -0.15) is 0 Å². The van der Waals surface area contributed by atoms with E-state index in [4.69, 9.17) is 9.47 Å². The van der Waals surface area contributed by atoms with Crippen molar-refractivity contribution in [2.24, 2.45) is 0 Å². The van der Waals surface area contributed by atoms with Gasteiger partial charge >= 0.3 is 0 Å². The molecule has 0 aliphatic carbocycles. The van der Waals surface area contributed by atoms with Crippen molar-refractivity contribution in [3.8, 4) is 11.5 Å². The number of nitrogens with zero attached hydrogens (tertiary/aromatic N) is 2. The van der Waals surface area contributed by atoms with Crippen LogP contribution in [0.15, 0.2) is 66.7 Å². The largest absolute Gasteiger partial charge is 0.494 e. The van der Waals surface area contributed by atoms with Gasteiger partial charge in [0.15, 0.2) is 11.4 Å². The SMILES string of the molecule is COc1ccc2c(c1N1CCCCC1)OC(c1ccccc1)(c1ccc(N(C)C)cc1)C2. The predicted molar refractivity (Wildman–Crippen MR) is 131 cm³/mol. The molecule has 1 fully saturated rings. The lowest BCUT2D eigenvalue weighted by Crippen LogP contribution is -2.34. The van der Waals surface area contributed by atoms with Crippen LogP contribution in [0, 0.1) is 0 Å². The summed E-state index contributed by atoms with van der Waals surface area (Å²) in [4.78, 5) is 4.58. The maximum absolute atomic E-state index is 7.06. The highest BCUT2D eigenvalue weighted by molar-refractivity contribution is 5.73. The number of hydrogen-bond acceptors (Lipinski definition) is 4. The van der Waals surface area contributed by atoms with E-state index in [1.807, 2.05) is 0 Å². The van der Waals surface area contributed by atoms with E-state index in [1.165, 1.54) is 41.6 Å². The zero-order chi connectivity index (χ0) is 22.1. The summed E-state index contributed by atoms with van der Waals surface area (Å²) >= 11 is 0. The van der Waals surface area contributed by atoms with Gasteiger partial charge < -0.3 is 19.3 Å². The minimum Gasteiger partial charge on any atom is -0.494 e. The highest BCUT2D eigenvalue weighted by Gasteiger charge is 2.45. The van der Waals surface area contributed by atoms with Gasteiger partial charge in [-0.3, -0.25) is 0 Å². The molecule has 0 amide bonds. The zero-order valence-electron chi connectivity index (χ0n) is 19.3. The summed E-state index contributed by atoms with van der Waals surface area (Å²) in [5.41, 5.74) is 5.35. The summed E-state index contributed by atoms with van der Waals surface area (Å²) in [5, 5.41) is 0. The van der Waals surface area contributed by atoms with Crippen LogP contribution in [0.4, 0.5) is 11.4 Å². The number of methoxy groups -OCH3 is 1. The van der Waals surface area contributed by atoms with Crippen LogP contribution in [0.25, 0.3) is 0 Å². The molecular weight excluding hydrogens is 396 g/mol. The molecular formula is C28H32N2O2. The van der Waals surface area contributed by atoms with E-state index < -0.39 is 5.60 Å². The number of benzene rings is 3. The average Bonchev–Trinajstić information content (AvgIpc) is 3.25. The Morgan fingerprint density at radius 1 is 0.844 bits per heavy atom. The third-order valence-corrected chi connectivity index (χ3v) is 6.87. The van der Waals surface area contributed by atoms with Crippen molar-refractivity contribution in [1.82, 2.24) is 0 Å². The molecule has 0 saturated carbocycles. The van der Waals surface area contributed by atoms with Gasteiger partial charge in [0.25, 0.3) is 0 Å². The molecule has 3 aromatic carbocycles. The molecule has 2 aliphatic rings. The van der Waals surface area contributed by atoms with Crippen molar-refractivity contribution in [3.05, 3.63) is 83.4 Å². The van der Waals surface area contributed by atoms with E-state index in [2.05, 4.69) is 90.6 Å². The Labute approximate surface area is 191 Å². The number of piperidine rings is 1. The number of hydrogen-bond donors (Lipinski definition) is 0. The van der Waals surface area contributed by atoms with E-state index in [0.29, 0.717) is 0 Å². The normalized spacial score (nSPS) is 19.9. The van der Waals surface area contributed by atoms with Crippen LogP contribution < -0.4 is 19.3 Å². The Morgan fingerprint density at radius 3 is 2.19 bits per heavy atom. The molecule has 0 bridgehead atoms.